The molecule has 2 fully saturated rings. The third kappa shape index (κ3) is 2.34. The minimum absolute atomic E-state index is 0.0542. The van der Waals surface area contributed by atoms with Crippen LogP contribution < -0.4 is 0 Å². The molecule has 1 heterocycles. The molecule has 0 amide bonds. The zero-order chi connectivity index (χ0) is 16.0. The monoisotopic (exact) mass is 300 g/mol. The molecule has 5 nitrogen and oxygen atoms in total. The Morgan fingerprint density at radius 3 is 2.27 bits per heavy atom. The van der Waals surface area contributed by atoms with E-state index in [0.717, 1.165) is 29.8 Å². The number of hydrogen-bond donors (Lipinski definition) is 0. The Morgan fingerprint density at radius 1 is 1.23 bits per heavy atom. The van der Waals surface area contributed by atoms with E-state index in [9.17, 15) is 14.4 Å². The first-order chi connectivity index (χ1) is 10.4. The van der Waals surface area contributed by atoms with Gasteiger partial charge in [0.1, 0.15) is 5.92 Å². The van der Waals surface area contributed by atoms with E-state index in [4.69, 9.17) is 0 Å². The molecule has 1 aromatic rings. The standard InChI is InChI=1S/C17H20N2O3/c1-4-19-10(3)15(9(2)18-19)12-7-13(20)16(14(21)8-12)17(22)11-5-6-11/h4,11-12,16H,1,5-8H2,2-3H3. The van der Waals surface area contributed by atoms with Gasteiger partial charge in [-0.25, -0.2) is 4.68 Å². The topological polar surface area (TPSA) is 69.0 Å². The van der Waals surface area contributed by atoms with Crippen molar-refractivity contribution < 1.29 is 14.4 Å². The zero-order valence-electron chi connectivity index (χ0n) is 13.0. The van der Waals surface area contributed by atoms with Crippen LogP contribution in [0.25, 0.3) is 6.20 Å². The normalized spacial score (nSPS) is 25.4. The fourth-order valence-electron chi connectivity index (χ4n) is 3.54. The predicted octanol–water partition coefficient (Wildman–Crippen LogP) is 2.21. The van der Waals surface area contributed by atoms with E-state index in [0.29, 0.717) is 0 Å². The zero-order valence-corrected chi connectivity index (χ0v) is 13.0. The lowest BCUT2D eigenvalue weighted by Crippen LogP contribution is -2.39. The molecule has 0 unspecified atom stereocenters. The summed E-state index contributed by atoms with van der Waals surface area (Å²) in [6, 6.07) is 0. The van der Waals surface area contributed by atoms with Crippen LogP contribution >= 0.6 is 0 Å². The van der Waals surface area contributed by atoms with Gasteiger partial charge >= 0.3 is 0 Å². The number of carbonyl (C=O) groups excluding carboxylic acids is 3. The molecule has 0 radical (unpaired) electrons. The maximum Gasteiger partial charge on any atom is 0.153 e. The number of ketones is 3. The number of rotatable bonds is 4. The molecule has 3 rings (SSSR count). The number of Topliss-reactive ketones (excluding diaryl/α,β-unsaturated/α-hetero) is 3. The van der Waals surface area contributed by atoms with Gasteiger partial charge < -0.3 is 0 Å². The highest BCUT2D eigenvalue weighted by Gasteiger charge is 2.46. The van der Waals surface area contributed by atoms with Crippen molar-refractivity contribution in [2.75, 3.05) is 0 Å². The van der Waals surface area contributed by atoms with Gasteiger partial charge in [0.2, 0.25) is 0 Å². The Kier molecular flexibility index (Phi) is 3.59. The number of aromatic nitrogens is 2. The third-order valence-corrected chi connectivity index (χ3v) is 4.77. The van der Waals surface area contributed by atoms with E-state index in [2.05, 4.69) is 11.7 Å². The van der Waals surface area contributed by atoms with Crippen molar-refractivity contribution >= 4 is 23.5 Å². The van der Waals surface area contributed by atoms with E-state index in [1.54, 1.807) is 10.9 Å². The summed E-state index contributed by atoms with van der Waals surface area (Å²) in [5.41, 5.74) is 2.67. The van der Waals surface area contributed by atoms with Gasteiger partial charge in [-0.1, -0.05) is 6.58 Å². The van der Waals surface area contributed by atoms with Crippen molar-refractivity contribution in [3.8, 4) is 0 Å². The molecule has 2 aliphatic rings. The second-order valence-electron chi connectivity index (χ2n) is 6.36. The molecule has 2 aliphatic carbocycles. The van der Waals surface area contributed by atoms with Crippen molar-refractivity contribution in [1.82, 2.24) is 9.78 Å². The average Bonchev–Trinajstić information content (AvgIpc) is 3.24. The fraction of sp³-hybridized carbons (Fsp3) is 0.529. The molecule has 0 spiro atoms. The average molecular weight is 300 g/mol. The van der Waals surface area contributed by atoms with Crippen LogP contribution in [0.4, 0.5) is 0 Å². The fourth-order valence-corrected chi connectivity index (χ4v) is 3.54. The SMILES string of the molecule is C=Cn1nc(C)c(C2CC(=O)C(C(=O)C3CC3)C(=O)C2)c1C. The Labute approximate surface area is 129 Å². The van der Waals surface area contributed by atoms with Crippen LogP contribution in [-0.4, -0.2) is 27.1 Å². The Hall–Kier alpha value is -2.04. The van der Waals surface area contributed by atoms with Crippen LogP contribution in [0.15, 0.2) is 6.58 Å². The quantitative estimate of drug-likeness (QED) is 0.799. The van der Waals surface area contributed by atoms with Gasteiger partial charge in [-0.05, 0) is 26.7 Å². The number of hydrogen-bond acceptors (Lipinski definition) is 4. The van der Waals surface area contributed by atoms with E-state index < -0.39 is 5.92 Å². The summed E-state index contributed by atoms with van der Waals surface area (Å²) in [5, 5.41) is 4.36. The minimum atomic E-state index is -1.00. The molecule has 0 saturated heterocycles. The van der Waals surface area contributed by atoms with Crippen LogP contribution in [0.2, 0.25) is 0 Å². The molecule has 116 valence electrons. The van der Waals surface area contributed by atoms with Crippen molar-refractivity contribution in [2.24, 2.45) is 11.8 Å². The first-order valence-corrected chi connectivity index (χ1v) is 7.71. The van der Waals surface area contributed by atoms with Gasteiger partial charge in [0, 0.05) is 42.1 Å². The van der Waals surface area contributed by atoms with E-state index in [1.807, 2.05) is 13.8 Å². The highest BCUT2D eigenvalue weighted by Crippen LogP contribution is 2.39. The molecule has 0 bridgehead atoms. The Bertz CT molecular complexity index is 664. The third-order valence-electron chi connectivity index (χ3n) is 4.77. The molecule has 0 atom stereocenters. The smallest absolute Gasteiger partial charge is 0.153 e. The summed E-state index contributed by atoms with van der Waals surface area (Å²) in [7, 11) is 0. The Balaban J connectivity index is 1.86. The van der Waals surface area contributed by atoms with Crippen LogP contribution in [0.1, 0.15) is 48.6 Å². The van der Waals surface area contributed by atoms with Gasteiger partial charge in [-0.2, -0.15) is 5.10 Å². The van der Waals surface area contributed by atoms with Gasteiger partial charge in [0.25, 0.3) is 0 Å². The van der Waals surface area contributed by atoms with Crippen molar-refractivity contribution in [3.05, 3.63) is 23.5 Å². The van der Waals surface area contributed by atoms with Gasteiger partial charge in [-0.15, -0.1) is 0 Å². The minimum Gasteiger partial charge on any atom is -0.298 e. The van der Waals surface area contributed by atoms with Crippen LogP contribution in [0.5, 0.6) is 0 Å². The summed E-state index contributed by atoms with van der Waals surface area (Å²) in [6.07, 6.45) is 3.75. The summed E-state index contributed by atoms with van der Waals surface area (Å²) in [5.74, 6) is -1.81. The maximum absolute atomic E-state index is 12.4. The Morgan fingerprint density at radius 2 is 1.82 bits per heavy atom. The van der Waals surface area contributed by atoms with Crippen molar-refractivity contribution in [2.45, 2.75) is 45.4 Å². The first-order valence-electron chi connectivity index (χ1n) is 7.71. The lowest BCUT2D eigenvalue weighted by molar-refractivity contribution is -0.143. The lowest BCUT2D eigenvalue weighted by Gasteiger charge is -2.26. The number of carbonyl (C=O) groups is 3. The van der Waals surface area contributed by atoms with Gasteiger partial charge in [-0.3, -0.25) is 14.4 Å². The van der Waals surface area contributed by atoms with Crippen LogP contribution in [0, 0.1) is 25.7 Å². The molecule has 1 aromatic heterocycles. The van der Waals surface area contributed by atoms with Crippen LogP contribution in [-0.2, 0) is 14.4 Å². The van der Waals surface area contributed by atoms with Gasteiger partial charge in [0.05, 0.1) is 5.69 Å². The largest absolute Gasteiger partial charge is 0.298 e. The van der Waals surface area contributed by atoms with E-state index in [-0.39, 0.29) is 42.0 Å². The summed E-state index contributed by atoms with van der Waals surface area (Å²) < 4.78 is 1.67. The van der Waals surface area contributed by atoms with Gasteiger partial charge in [0.15, 0.2) is 17.3 Å². The molecule has 0 aliphatic heterocycles. The number of aryl methyl sites for hydroxylation is 1. The highest BCUT2D eigenvalue weighted by molar-refractivity contribution is 6.21. The van der Waals surface area contributed by atoms with E-state index >= 15 is 0 Å². The summed E-state index contributed by atoms with van der Waals surface area (Å²) in [4.78, 5) is 36.9. The second-order valence-corrected chi connectivity index (χ2v) is 6.36. The molecular weight excluding hydrogens is 280 g/mol. The highest BCUT2D eigenvalue weighted by atomic mass is 16.2. The molecule has 2 saturated carbocycles. The lowest BCUT2D eigenvalue weighted by atomic mass is 9.74. The summed E-state index contributed by atoms with van der Waals surface area (Å²) in [6.45, 7) is 7.49. The predicted molar refractivity (Wildman–Crippen MR) is 81.3 cm³/mol. The summed E-state index contributed by atoms with van der Waals surface area (Å²) >= 11 is 0. The molecular formula is C17H20N2O3. The molecule has 0 aromatic carbocycles. The molecule has 0 N–H and O–H groups in total. The first kappa shape index (κ1) is 14.9. The maximum atomic E-state index is 12.4. The van der Waals surface area contributed by atoms with Crippen LogP contribution in [0.3, 0.4) is 0 Å². The van der Waals surface area contributed by atoms with E-state index in [1.165, 1.54) is 0 Å². The molecule has 22 heavy (non-hydrogen) atoms. The second kappa shape index (κ2) is 5.30. The number of nitrogens with zero attached hydrogens (tertiary/aromatic N) is 2. The molecule has 5 heteroatoms. The van der Waals surface area contributed by atoms with Crippen molar-refractivity contribution in [3.63, 3.8) is 0 Å². The van der Waals surface area contributed by atoms with Crippen molar-refractivity contribution in [1.29, 1.82) is 0 Å².